The largest absolute Gasteiger partial charge is 0.307 e. The summed E-state index contributed by atoms with van der Waals surface area (Å²) in [5.41, 5.74) is 0. The van der Waals surface area contributed by atoms with Gasteiger partial charge >= 0.3 is 0 Å². The zero-order chi connectivity index (χ0) is 9.80. The van der Waals surface area contributed by atoms with Gasteiger partial charge in [-0.3, -0.25) is 0 Å². The van der Waals surface area contributed by atoms with Crippen LogP contribution < -0.4 is 5.32 Å². The molecule has 0 saturated heterocycles. The van der Waals surface area contributed by atoms with Gasteiger partial charge in [-0.15, -0.1) is 11.3 Å². The summed E-state index contributed by atoms with van der Waals surface area (Å²) in [6, 6.07) is 0.740. The smallest absolute Gasteiger partial charge is 0.106 e. The molecule has 0 amide bonds. The molecule has 3 heteroatoms. The van der Waals surface area contributed by atoms with Gasteiger partial charge in [-0.1, -0.05) is 19.8 Å². The van der Waals surface area contributed by atoms with Crippen molar-refractivity contribution in [2.75, 3.05) is 0 Å². The van der Waals surface area contributed by atoms with E-state index in [9.17, 15) is 0 Å². The van der Waals surface area contributed by atoms with Crippen molar-refractivity contribution in [1.82, 2.24) is 10.3 Å². The third kappa shape index (κ3) is 2.34. The van der Waals surface area contributed by atoms with Gasteiger partial charge in [0.25, 0.3) is 0 Å². The van der Waals surface area contributed by atoms with Crippen molar-refractivity contribution in [2.45, 2.75) is 45.2 Å². The summed E-state index contributed by atoms with van der Waals surface area (Å²) >= 11 is 1.74. The number of thiazole rings is 1. The van der Waals surface area contributed by atoms with Gasteiger partial charge in [0, 0.05) is 24.2 Å². The second-order valence-corrected chi connectivity index (χ2v) is 4.99. The lowest BCUT2D eigenvalue weighted by Crippen LogP contribution is -2.31. The monoisotopic (exact) mass is 210 g/mol. The Morgan fingerprint density at radius 2 is 2.50 bits per heavy atom. The molecule has 78 valence electrons. The lowest BCUT2D eigenvalue weighted by Gasteiger charge is -2.18. The summed E-state index contributed by atoms with van der Waals surface area (Å²) in [7, 11) is 0. The van der Waals surface area contributed by atoms with Crippen LogP contribution in [0.25, 0.3) is 0 Å². The van der Waals surface area contributed by atoms with Crippen LogP contribution in [0.1, 0.15) is 37.6 Å². The van der Waals surface area contributed by atoms with Gasteiger partial charge < -0.3 is 5.32 Å². The summed E-state index contributed by atoms with van der Waals surface area (Å²) in [6.07, 6.45) is 7.35. The Labute approximate surface area is 89.8 Å². The average Bonchev–Trinajstić information content (AvgIpc) is 2.85. The minimum Gasteiger partial charge on any atom is -0.307 e. The van der Waals surface area contributed by atoms with Crippen molar-refractivity contribution in [1.29, 1.82) is 0 Å². The lowest BCUT2D eigenvalue weighted by molar-refractivity contribution is 0.389. The van der Waals surface area contributed by atoms with Crippen LogP contribution in [0.2, 0.25) is 0 Å². The number of aromatic nitrogens is 1. The zero-order valence-electron chi connectivity index (χ0n) is 8.70. The van der Waals surface area contributed by atoms with Crippen LogP contribution in [-0.4, -0.2) is 11.0 Å². The molecular weight excluding hydrogens is 192 g/mol. The fraction of sp³-hybridized carbons (Fsp3) is 0.727. The number of nitrogens with zero attached hydrogens (tertiary/aromatic N) is 1. The van der Waals surface area contributed by atoms with Crippen molar-refractivity contribution in [3.05, 3.63) is 16.6 Å². The highest BCUT2D eigenvalue weighted by molar-refractivity contribution is 7.09. The second kappa shape index (κ2) is 4.89. The Hall–Kier alpha value is -0.410. The molecule has 1 aromatic heterocycles. The van der Waals surface area contributed by atoms with E-state index in [1.54, 1.807) is 11.3 Å². The van der Waals surface area contributed by atoms with Crippen LogP contribution in [0.5, 0.6) is 0 Å². The predicted molar refractivity (Wildman–Crippen MR) is 60.4 cm³/mol. The molecule has 1 aromatic rings. The normalized spacial score (nSPS) is 26.9. The zero-order valence-corrected chi connectivity index (χ0v) is 9.52. The van der Waals surface area contributed by atoms with E-state index in [2.05, 4.69) is 17.2 Å². The quantitative estimate of drug-likeness (QED) is 0.826. The van der Waals surface area contributed by atoms with Crippen molar-refractivity contribution >= 4 is 11.3 Å². The van der Waals surface area contributed by atoms with E-state index >= 15 is 0 Å². The molecular formula is C11H18N2S. The molecule has 2 unspecified atom stereocenters. The van der Waals surface area contributed by atoms with Crippen LogP contribution in [0.3, 0.4) is 0 Å². The van der Waals surface area contributed by atoms with E-state index in [1.807, 2.05) is 11.6 Å². The third-order valence-corrected chi connectivity index (χ3v) is 3.96. The van der Waals surface area contributed by atoms with E-state index in [0.717, 1.165) is 18.5 Å². The maximum Gasteiger partial charge on any atom is 0.106 e. The van der Waals surface area contributed by atoms with Gasteiger partial charge in [-0.25, -0.2) is 4.98 Å². The molecule has 0 aromatic carbocycles. The predicted octanol–water partition coefficient (Wildman–Crippen LogP) is 2.81. The topological polar surface area (TPSA) is 24.9 Å². The summed E-state index contributed by atoms with van der Waals surface area (Å²) < 4.78 is 0. The Kier molecular flexibility index (Phi) is 3.54. The van der Waals surface area contributed by atoms with Gasteiger partial charge in [0.1, 0.15) is 5.01 Å². The fourth-order valence-electron chi connectivity index (χ4n) is 2.35. The van der Waals surface area contributed by atoms with E-state index in [-0.39, 0.29) is 0 Å². The molecule has 2 atom stereocenters. The van der Waals surface area contributed by atoms with E-state index in [4.69, 9.17) is 0 Å². The van der Waals surface area contributed by atoms with Crippen LogP contribution in [0.4, 0.5) is 0 Å². The molecule has 2 nitrogen and oxygen atoms in total. The number of hydrogen-bond acceptors (Lipinski definition) is 3. The molecule has 1 heterocycles. The number of rotatable bonds is 4. The molecule has 0 bridgehead atoms. The van der Waals surface area contributed by atoms with Gasteiger partial charge in [0.05, 0.1) is 0 Å². The van der Waals surface area contributed by atoms with E-state index in [1.165, 1.54) is 30.7 Å². The summed E-state index contributed by atoms with van der Waals surface area (Å²) in [5, 5.41) is 6.89. The maximum atomic E-state index is 4.28. The van der Waals surface area contributed by atoms with Crippen molar-refractivity contribution in [2.24, 2.45) is 5.92 Å². The Bertz CT molecular complexity index is 258. The molecule has 0 aliphatic heterocycles. The summed E-state index contributed by atoms with van der Waals surface area (Å²) in [4.78, 5) is 4.28. The molecule has 2 rings (SSSR count). The maximum absolute atomic E-state index is 4.28. The molecule has 1 N–H and O–H groups in total. The number of nitrogens with one attached hydrogen (secondary N) is 1. The lowest BCUT2D eigenvalue weighted by atomic mass is 10.0. The SMILES string of the molecule is CCC1CCCC1NCc1nccs1. The molecule has 0 spiro atoms. The Morgan fingerprint density at radius 3 is 3.21 bits per heavy atom. The van der Waals surface area contributed by atoms with Crippen molar-refractivity contribution in [3.63, 3.8) is 0 Å². The number of hydrogen-bond donors (Lipinski definition) is 1. The van der Waals surface area contributed by atoms with Crippen molar-refractivity contribution < 1.29 is 0 Å². The molecule has 0 radical (unpaired) electrons. The third-order valence-electron chi connectivity index (χ3n) is 3.18. The first kappa shape index (κ1) is 10.1. The first-order valence-electron chi connectivity index (χ1n) is 5.52. The highest BCUT2D eigenvalue weighted by Gasteiger charge is 2.24. The highest BCUT2D eigenvalue weighted by Crippen LogP contribution is 2.28. The highest BCUT2D eigenvalue weighted by atomic mass is 32.1. The van der Waals surface area contributed by atoms with Gasteiger partial charge in [0.15, 0.2) is 0 Å². The minimum absolute atomic E-state index is 0.740. The fourth-order valence-corrected chi connectivity index (χ4v) is 2.92. The Morgan fingerprint density at radius 1 is 1.57 bits per heavy atom. The van der Waals surface area contributed by atoms with Gasteiger partial charge in [-0.05, 0) is 18.8 Å². The molecule has 1 fully saturated rings. The van der Waals surface area contributed by atoms with Gasteiger partial charge in [0.2, 0.25) is 0 Å². The average molecular weight is 210 g/mol. The summed E-state index contributed by atoms with van der Waals surface area (Å²) in [5.74, 6) is 0.898. The Balaban J connectivity index is 1.80. The van der Waals surface area contributed by atoms with Crippen LogP contribution in [0.15, 0.2) is 11.6 Å². The molecule has 1 aliphatic rings. The molecule has 1 aliphatic carbocycles. The minimum atomic E-state index is 0.740. The van der Waals surface area contributed by atoms with E-state index < -0.39 is 0 Å². The first-order chi connectivity index (χ1) is 6.90. The van der Waals surface area contributed by atoms with Crippen LogP contribution >= 0.6 is 11.3 Å². The van der Waals surface area contributed by atoms with Crippen LogP contribution in [0, 0.1) is 5.92 Å². The van der Waals surface area contributed by atoms with E-state index in [0.29, 0.717) is 0 Å². The van der Waals surface area contributed by atoms with Crippen LogP contribution in [-0.2, 0) is 6.54 Å². The van der Waals surface area contributed by atoms with Gasteiger partial charge in [-0.2, -0.15) is 0 Å². The standard InChI is InChI=1S/C11H18N2S/c1-2-9-4-3-5-10(9)13-8-11-12-6-7-14-11/h6-7,9-10,13H,2-5,8H2,1H3. The molecule has 1 saturated carbocycles. The first-order valence-corrected chi connectivity index (χ1v) is 6.40. The summed E-state index contributed by atoms with van der Waals surface area (Å²) in [6.45, 7) is 3.26. The van der Waals surface area contributed by atoms with Crippen molar-refractivity contribution in [3.8, 4) is 0 Å². The molecule has 14 heavy (non-hydrogen) atoms. The second-order valence-electron chi connectivity index (χ2n) is 4.01.